The van der Waals surface area contributed by atoms with Gasteiger partial charge in [0.25, 0.3) is 5.91 Å². The quantitative estimate of drug-likeness (QED) is 0.508. The first-order chi connectivity index (χ1) is 16.1. The molecule has 180 valence electrons. The van der Waals surface area contributed by atoms with Crippen molar-refractivity contribution in [1.82, 2.24) is 24.9 Å². The van der Waals surface area contributed by atoms with Crippen molar-refractivity contribution in [2.24, 2.45) is 5.92 Å². The van der Waals surface area contributed by atoms with Crippen LogP contribution < -0.4 is 4.74 Å². The molecule has 1 amide bonds. The van der Waals surface area contributed by atoms with Crippen LogP contribution in [-0.4, -0.2) is 50.0 Å². The molecule has 3 heterocycles. The minimum atomic E-state index is -4.49. The third-order valence-electron chi connectivity index (χ3n) is 5.98. The Kier molecular flexibility index (Phi) is 6.54. The van der Waals surface area contributed by atoms with Gasteiger partial charge in [-0.2, -0.15) is 28.2 Å². The molecule has 7 nitrogen and oxygen atoms in total. The average Bonchev–Trinajstić information content (AvgIpc) is 3.34. The van der Waals surface area contributed by atoms with E-state index >= 15 is 0 Å². The zero-order valence-corrected chi connectivity index (χ0v) is 18.6. The van der Waals surface area contributed by atoms with Crippen molar-refractivity contribution in [1.29, 1.82) is 0 Å². The summed E-state index contributed by atoms with van der Waals surface area (Å²) in [7, 11) is 0. The largest absolute Gasteiger partial charge is 0.475 e. The smallest absolute Gasteiger partial charge is 0.417 e. The lowest BCUT2D eigenvalue weighted by atomic mass is 9.90. The Labute approximate surface area is 193 Å². The van der Waals surface area contributed by atoms with Crippen LogP contribution in [0, 0.1) is 18.7 Å². The molecule has 0 bridgehead atoms. The van der Waals surface area contributed by atoms with E-state index in [1.807, 2.05) is 6.92 Å². The molecule has 0 aliphatic carbocycles. The van der Waals surface area contributed by atoms with Crippen LogP contribution in [0.15, 0.2) is 42.9 Å². The van der Waals surface area contributed by atoms with E-state index in [1.165, 1.54) is 29.3 Å². The number of aromatic nitrogens is 4. The van der Waals surface area contributed by atoms with Crippen LogP contribution >= 0.6 is 0 Å². The van der Waals surface area contributed by atoms with Crippen molar-refractivity contribution < 1.29 is 27.1 Å². The minimum absolute atomic E-state index is 0.0391. The van der Waals surface area contributed by atoms with Gasteiger partial charge < -0.3 is 9.64 Å². The lowest BCUT2D eigenvalue weighted by molar-refractivity contribution is -0.137. The summed E-state index contributed by atoms with van der Waals surface area (Å²) < 4.78 is 58.3. The second-order valence-corrected chi connectivity index (χ2v) is 8.32. The van der Waals surface area contributed by atoms with E-state index in [2.05, 4.69) is 15.2 Å². The lowest BCUT2D eigenvalue weighted by Crippen LogP contribution is -2.50. The number of carbonyl (C=O) groups excluding carboxylic acids is 1. The van der Waals surface area contributed by atoms with E-state index in [9.17, 15) is 22.4 Å². The monoisotopic (exact) mass is 477 g/mol. The molecule has 1 aromatic carbocycles. The molecule has 4 rings (SSSR count). The predicted molar refractivity (Wildman–Crippen MR) is 114 cm³/mol. The summed E-state index contributed by atoms with van der Waals surface area (Å²) in [6, 6.07) is 4.42. The molecule has 2 atom stereocenters. The number of halogens is 4. The van der Waals surface area contributed by atoms with Crippen molar-refractivity contribution >= 4 is 5.91 Å². The van der Waals surface area contributed by atoms with Gasteiger partial charge in [0.1, 0.15) is 18.1 Å². The maximum atomic E-state index is 14.3. The normalized spacial score (nSPS) is 18.7. The predicted octanol–water partition coefficient (Wildman–Crippen LogP) is 4.45. The Balaban J connectivity index is 1.58. The van der Waals surface area contributed by atoms with Crippen LogP contribution in [0.3, 0.4) is 0 Å². The van der Waals surface area contributed by atoms with Gasteiger partial charge in [0.05, 0.1) is 29.6 Å². The number of carbonyl (C=O) groups is 1. The number of aryl methyl sites for hydroxylation is 1. The highest BCUT2D eigenvalue weighted by atomic mass is 19.4. The van der Waals surface area contributed by atoms with Crippen molar-refractivity contribution in [3.05, 3.63) is 65.4 Å². The highest BCUT2D eigenvalue weighted by Crippen LogP contribution is 2.30. The maximum absolute atomic E-state index is 14.3. The van der Waals surface area contributed by atoms with Crippen LogP contribution in [0.5, 0.6) is 5.88 Å². The molecule has 2 unspecified atom stereocenters. The molecule has 1 aliphatic heterocycles. The minimum Gasteiger partial charge on any atom is -0.475 e. The first kappa shape index (κ1) is 23.7. The van der Waals surface area contributed by atoms with Crippen LogP contribution in [0.2, 0.25) is 0 Å². The molecule has 34 heavy (non-hydrogen) atoms. The highest BCUT2D eigenvalue weighted by Gasteiger charge is 2.35. The summed E-state index contributed by atoms with van der Waals surface area (Å²) in [5.74, 6) is -0.697. The lowest BCUT2D eigenvalue weighted by Gasteiger charge is -2.40. The van der Waals surface area contributed by atoms with E-state index in [4.69, 9.17) is 4.74 Å². The van der Waals surface area contributed by atoms with Gasteiger partial charge in [-0.15, -0.1) is 0 Å². The van der Waals surface area contributed by atoms with Crippen molar-refractivity contribution in [3.8, 4) is 11.6 Å². The Morgan fingerprint density at radius 3 is 2.59 bits per heavy atom. The van der Waals surface area contributed by atoms with Gasteiger partial charge in [0.15, 0.2) is 0 Å². The number of piperidine rings is 1. The average molecular weight is 477 g/mol. The van der Waals surface area contributed by atoms with Gasteiger partial charge in [-0.05, 0) is 43.4 Å². The fourth-order valence-electron chi connectivity index (χ4n) is 4.06. The van der Waals surface area contributed by atoms with Crippen LogP contribution in [0.4, 0.5) is 17.6 Å². The van der Waals surface area contributed by atoms with Gasteiger partial charge in [-0.25, -0.2) is 9.37 Å². The van der Waals surface area contributed by atoms with Crippen LogP contribution in [0.25, 0.3) is 5.69 Å². The van der Waals surface area contributed by atoms with Gasteiger partial charge in [0.2, 0.25) is 5.88 Å². The molecule has 0 spiro atoms. The highest BCUT2D eigenvalue weighted by molar-refractivity contribution is 5.98. The van der Waals surface area contributed by atoms with Gasteiger partial charge in [-0.1, -0.05) is 6.92 Å². The Bertz CT molecular complexity index is 1150. The van der Waals surface area contributed by atoms with Crippen LogP contribution in [0.1, 0.15) is 41.3 Å². The Hall–Kier alpha value is -3.50. The number of nitrogens with zero attached hydrogens (tertiary/aromatic N) is 5. The van der Waals surface area contributed by atoms with E-state index in [0.29, 0.717) is 18.3 Å². The van der Waals surface area contributed by atoms with E-state index in [0.717, 1.165) is 25.0 Å². The molecule has 1 fully saturated rings. The first-order valence-electron chi connectivity index (χ1n) is 10.8. The molecule has 3 aromatic rings. The fourth-order valence-corrected chi connectivity index (χ4v) is 4.06. The SMILES string of the molecule is Cc1cc(C(=O)N2CCCC(C)C2COc2ccc(C(F)(F)F)cn2)c(-n2nccn2)cc1F. The second-order valence-electron chi connectivity index (χ2n) is 8.32. The summed E-state index contributed by atoms with van der Waals surface area (Å²) in [5, 5.41) is 8.07. The molecular weight excluding hydrogens is 454 g/mol. The molecule has 0 radical (unpaired) electrons. The van der Waals surface area contributed by atoms with E-state index < -0.39 is 17.6 Å². The summed E-state index contributed by atoms with van der Waals surface area (Å²) >= 11 is 0. The second kappa shape index (κ2) is 9.40. The number of benzene rings is 1. The fraction of sp³-hybridized carbons (Fsp3) is 0.391. The van der Waals surface area contributed by atoms with E-state index in [1.54, 1.807) is 11.8 Å². The third-order valence-corrected chi connectivity index (χ3v) is 5.98. The molecule has 11 heteroatoms. The van der Waals surface area contributed by atoms with Crippen LogP contribution in [-0.2, 0) is 6.18 Å². The number of pyridine rings is 1. The van der Waals surface area contributed by atoms with Gasteiger partial charge in [-0.3, -0.25) is 4.79 Å². The number of hydrogen-bond donors (Lipinski definition) is 0. The number of ether oxygens (including phenoxy) is 1. The van der Waals surface area contributed by atoms with Crippen molar-refractivity contribution in [2.45, 2.75) is 38.9 Å². The number of hydrogen-bond acceptors (Lipinski definition) is 5. The summed E-state index contributed by atoms with van der Waals surface area (Å²) in [6.45, 7) is 4.07. The van der Waals surface area contributed by atoms with Gasteiger partial charge in [0, 0.05) is 24.9 Å². The summed E-state index contributed by atoms with van der Waals surface area (Å²) in [6.07, 6.45) is 0.728. The van der Waals surface area contributed by atoms with Crippen molar-refractivity contribution in [2.75, 3.05) is 13.2 Å². The number of rotatable bonds is 5. The Morgan fingerprint density at radius 1 is 1.21 bits per heavy atom. The number of alkyl halides is 3. The number of amides is 1. The Morgan fingerprint density at radius 2 is 1.94 bits per heavy atom. The third kappa shape index (κ3) is 4.87. The molecule has 1 saturated heterocycles. The molecular formula is C23H23F4N5O2. The summed E-state index contributed by atoms with van der Waals surface area (Å²) in [4.78, 5) is 20.2. The number of likely N-dealkylation sites (tertiary alicyclic amines) is 1. The molecule has 2 aromatic heterocycles. The zero-order chi connectivity index (χ0) is 24.5. The topological polar surface area (TPSA) is 73.1 Å². The maximum Gasteiger partial charge on any atom is 0.417 e. The summed E-state index contributed by atoms with van der Waals surface area (Å²) in [5.41, 5.74) is -0.0811. The first-order valence-corrected chi connectivity index (χ1v) is 10.8. The molecule has 1 aliphatic rings. The van der Waals surface area contributed by atoms with Gasteiger partial charge >= 0.3 is 6.18 Å². The zero-order valence-electron chi connectivity index (χ0n) is 18.6. The van der Waals surface area contributed by atoms with E-state index in [-0.39, 0.29) is 41.6 Å². The molecule has 0 N–H and O–H groups in total. The molecule has 0 saturated carbocycles. The van der Waals surface area contributed by atoms with Crippen molar-refractivity contribution in [3.63, 3.8) is 0 Å². The standard InChI is InChI=1S/C23H23F4N5O2/c1-14-4-3-9-31(20(14)13-34-21-6-5-16(12-28-21)23(25,26)27)22(33)17-10-15(2)18(24)11-19(17)32-29-7-8-30-32/h5-8,10-12,14,20H,3-4,9,13H2,1-2H3.